The van der Waals surface area contributed by atoms with Crippen molar-refractivity contribution < 1.29 is 9.47 Å². The molecule has 0 unspecified atom stereocenters. The first-order chi connectivity index (χ1) is 6.90. The Hall–Kier alpha value is -1.06. The summed E-state index contributed by atoms with van der Waals surface area (Å²) < 4.78 is 10.2. The molecule has 0 bridgehead atoms. The van der Waals surface area contributed by atoms with Crippen LogP contribution >= 0.6 is 0 Å². The maximum absolute atomic E-state index is 5.13. The average molecular weight is 193 g/mol. The fraction of sp³-hybridized carbons (Fsp3) is 0.455. The standard InChI is InChI=1S/C11H15NO2/c1-13-6-9-4-2-3-5-11(9)12-10-7-14-8-10/h2-5,10,12H,6-8H2,1H3. The van der Waals surface area contributed by atoms with E-state index in [1.165, 1.54) is 5.56 Å². The first-order valence-corrected chi connectivity index (χ1v) is 4.81. The number of nitrogens with one attached hydrogen (secondary N) is 1. The lowest BCUT2D eigenvalue weighted by molar-refractivity contribution is 0.0210. The molecule has 1 aromatic carbocycles. The largest absolute Gasteiger partial charge is 0.380 e. The van der Waals surface area contributed by atoms with Crippen molar-refractivity contribution in [1.82, 2.24) is 0 Å². The van der Waals surface area contributed by atoms with Gasteiger partial charge in [-0.2, -0.15) is 0 Å². The summed E-state index contributed by atoms with van der Waals surface area (Å²) in [7, 11) is 1.71. The summed E-state index contributed by atoms with van der Waals surface area (Å²) in [5.74, 6) is 0. The fourth-order valence-electron chi connectivity index (χ4n) is 1.48. The topological polar surface area (TPSA) is 30.5 Å². The van der Waals surface area contributed by atoms with E-state index in [-0.39, 0.29) is 0 Å². The quantitative estimate of drug-likeness (QED) is 0.788. The molecule has 2 rings (SSSR count). The number of para-hydroxylation sites is 1. The second-order valence-electron chi connectivity index (χ2n) is 3.47. The molecule has 0 spiro atoms. The van der Waals surface area contributed by atoms with Gasteiger partial charge in [-0.25, -0.2) is 0 Å². The Morgan fingerprint density at radius 2 is 2.21 bits per heavy atom. The number of methoxy groups -OCH3 is 1. The SMILES string of the molecule is COCc1ccccc1NC1COC1. The van der Waals surface area contributed by atoms with Crippen LogP contribution in [0.4, 0.5) is 5.69 Å². The molecule has 1 aromatic rings. The zero-order valence-corrected chi connectivity index (χ0v) is 8.32. The number of rotatable bonds is 4. The highest BCUT2D eigenvalue weighted by molar-refractivity contribution is 5.51. The van der Waals surface area contributed by atoms with Crippen molar-refractivity contribution in [3.8, 4) is 0 Å². The Labute approximate surface area is 84.0 Å². The van der Waals surface area contributed by atoms with Gasteiger partial charge in [-0.05, 0) is 6.07 Å². The van der Waals surface area contributed by atoms with Crippen LogP contribution in [-0.2, 0) is 16.1 Å². The van der Waals surface area contributed by atoms with Gasteiger partial charge in [0.2, 0.25) is 0 Å². The van der Waals surface area contributed by atoms with Crippen LogP contribution in [0.25, 0.3) is 0 Å². The molecule has 3 nitrogen and oxygen atoms in total. The molecule has 1 fully saturated rings. The summed E-state index contributed by atoms with van der Waals surface area (Å²) >= 11 is 0. The molecule has 0 amide bonds. The van der Waals surface area contributed by atoms with Crippen molar-refractivity contribution in [2.45, 2.75) is 12.6 Å². The van der Waals surface area contributed by atoms with E-state index >= 15 is 0 Å². The summed E-state index contributed by atoms with van der Waals surface area (Å²) in [6.45, 7) is 2.26. The Kier molecular flexibility index (Phi) is 3.01. The third kappa shape index (κ3) is 2.05. The normalized spacial score (nSPS) is 16.4. The molecule has 1 aliphatic rings. The van der Waals surface area contributed by atoms with Gasteiger partial charge in [-0.1, -0.05) is 18.2 Å². The van der Waals surface area contributed by atoms with E-state index in [1.807, 2.05) is 12.1 Å². The molecule has 14 heavy (non-hydrogen) atoms. The van der Waals surface area contributed by atoms with Crippen LogP contribution in [-0.4, -0.2) is 26.4 Å². The summed E-state index contributed by atoms with van der Waals surface area (Å²) in [6, 6.07) is 8.67. The second-order valence-corrected chi connectivity index (χ2v) is 3.47. The van der Waals surface area contributed by atoms with Gasteiger partial charge < -0.3 is 14.8 Å². The molecule has 0 aromatic heterocycles. The lowest BCUT2D eigenvalue weighted by atomic mass is 10.1. The molecule has 76 valence electrons. The van der Waals surface area contributed by atoms with Crippen LogP contribution in [0.15, 0.2) is 24.3 Å². The third-order valence-electron chi connectivity index (χ3n) is 2.31. The molecule has 1 saturated heterocycles. The van der Waals surface area contributed by atoms with E-state index < -0.39 is 0 Å². The molecular formula is C11H15NO2. The molecule has 1 heterocycles. The Morgan fingerprint density at radius 3 is 2.86 bits per heavy atom. The van der Waals surface area contributed by atoms with Crippen LogP contribution < -0.4 is 5.32 Å². The first-order valence-electron chi connectivity index (χ1n) is 4.81. The summed E-state index contributed by atoms with van der Waals surface area (Å²) in [5.41, 5.74) is 2.35. The van der Waals surface area contributed by atoms with Gasteiger partial charge in [0.25, 0.3) is 0 Å². The van der Waals surface area contributed by atoms with E-state index in [9.17, 15) is 0 Å². The van der Waals surface area contributed by atoms with Gasteiger partial charge in [0.05, 0.1) is 25.9 Å². The molecule has 0 atom stereocenters. The van der Waals surface area contributed by atoms with E-state index in [2.05, 4.69) is 17.4 Å². The van der Waals surface area contributed by atoms with Crippen molar-refractivity contribution in [3.63, 3.8) is 0 Å². The Balaban J connectivity index is 2.05. The first kappa shape index (κ1) is 9.49. The predicted octanol–water partition coefficient (Wildman–Crippen LogP) is 1.64. The summed E-state index contributed by atoms with van der Waals surface area (Å²) in [5, 5.41) is 3.43. The van der Waals surface area contributed by atoms with E-state index in [4.69, 9.17) is 9.47 Å². The third-order valence-corrected chi connectivity index (χ3v) is 2.31. The Bertz CT molecular complexity index is 297. The maximum atomic E-state index is 5.13. The van der Waals surface area contributed by atoms with Gasteiger partial charge in [0.15, 0.2) is 0 Å². The molecule has 0 radical (unpaired) electrons. The van der Waals surface area contributed by atoms with Crippen LogP contribution in [0.2, 0.25) is 0 Å². The van der Waals surface area contributed by atoms with Crippen LogP contribution in [0.5, 0.6) is 0 Å². The predicted molar refractivity (Wildman–Crippen MR) is 55.4 cm³/mol. The van der Waals surface area contributed by atoms with Gasteiger partial charge in [-0.3, -0.25) is 0 Å². The summed E-state index contributed by atoms with van der Waals surface area (Å²) in [4.78, 5) is 0. The number of benzene rings is 1. The monoisotopic (exact) mass is 193 g/mol. The van der Waals surface area contributed by atoms with Crippen LogP contribution in [0.1, 0.15) is 5.56 Å². The Morgan fingerprint density at radius 1 is 1.43 bits per heavy atom. The molecule has 0 aliphatic carbocycles. The minimum absolute atomic E-state index is 0.466. The van der Waals surface area contributed by atoms with Crippen LogP contribution in [0, 0.1) is 0 Å². The molecule has 1 N–H and O–H groups in total. The van der Waals surface area contributed by atoms with Gasteiger partial charge in [-0.15, -0.1) is 0 Å². The minimum Gasteiger partial charge on any atom is -0.380 e. The number of anilines is 1. The van der Waals surface area contributed by atoms with Crippen molar-refractivity contribution in [2.75, 3.05) is 25.6 Å². The van der Waals surface area contributed by atoms with E-state index in [0.29, 0.717) is 12.6 Å². The van der Waals surface area contributed by atoms with Gasteiger partial charge >= 0.3 is 0 Å². The highest BCUT2D eigenvalue weighted by Gasteiger charge is 2.18. The van der Waals surface area contributed by atoms with E-state index in [1.54, 1.807) is 7.11 Å². The zero-order chi connectivity index (χ0) is 9.80. The van der Waals surface area contributed by atoms with Crippen molar-refractivity contribution in [1.29, 1.82) is 0 Å². The lowest BCUT2D eigenvalue weighted by Crippen LogP contribution is -2.40. The lowest BCUT2D eigenvalue weighted by Gasteiger charge is -2.28. The zero-order valence-electron chi connectivity index (χ0n) is 8.32. The van der Waals surface area contributed by atoms with Crippen LogP contribution in [0.3, 0.4) is 0 Å². The minimum atomic E-state index is 0.466. The number of ether oxygens (including phenoxy) is 2. The highest BCUT2D eigenvalue weighted by atomic mass is 16.5. The van der Waals surface area contributed by atoms with Crippen molar-refractivity contribution in [2.24, 2.45) is 0 Å². The maximum Gasteiger partial charge on any atom is 0.0733 e. The fourth-order valence-corrected chi connectivity index (χ4v) is 1.48. The van der Waals surface area contributed by atoms with Gasteiger partial charge in [0, 0.05) is 18.4 Å². The van der Waals surface area contributed by atoms with Crippen molar-refractivity contribution in [3.05, 3.63) is 29.8 Å². The molecule has 1 aliphatic heterocycles. The number of hydrogen-bond donors (Lipinski definition) is 1. The number of hydrogen-bond acceptors (Lipinski definition) is 3. The summed E-state index contributed by atoms with van der Waals surface area (Å²) in [6.07, 6.45) is 0. The molecule has 0 saturated carbocycles. The highest BCUT2D eigenvalue weighted by Crippen LogP contribution is 2.18. The average Bonchev–Trinajstić information content (AvgIpc) is 2.14. The van der Waals surface area contributed by atoms with Crippen molar-refractivity contribution >= 4 is 5.69 Å². The second kappa shape index (κ2) is 4.44. The van der Waals surface area contributed by atoms with E-state index in [0.717, 1.165) is 18.9 Å². The molecular weight excluding hydrogens is 178 g/mol. The van der Waals surface area contributed by atoms with Gasteiger partial charge in [0.1, 0.15) is 0 Å². The molecule has 3 heteroatoms. The smallest absolute Gasteiger partial charge is 0.0733 e.